The van der Waals surface area contributed by atoms with Crippen LogP contribution in [0.3, 0.4) is 0 Å². The fourth-order valence-electron chi connectivity index (χ4n) is 17.7. The number of rotatable bonds is 23. The molecule has 2 fully saturated rings. The van der Waals surface area contributed by atoms with E-state index in [0.717, 1.165) is 69.4 Å². The highest BCUT2D eigenvalue weighted by Gasteiger charge is 2.32. The second kappa shape index (κ2) is 48.0. The van der Waals surface area contributed by atoms with Crippen LogP contribution in [0, 0.1) is 23.5 Å². The molecule has 44 heteroatoms. The van der Waals surface area contributed by atoms with Crippen LogP contribution >= 0.6 is 0 Å². The van der Waals surface area contributed by atoms with Gasteiger partial charge in [0, 0.05) is 182 Å². The minimum absolute atomic E-state index is 0.00588. The minimum Gasteiger partial charge on any atom is -0.477 e. The second-order valence-electron chi connectivity index (χ2n) is 38.2. The fourth-order valence-corrected chi connectivity index (χ4v) is 17.7. The van der Waals surface area contributed by atoms with E-state index in [1.807, 2.05) is 101 Å². The molecule has 42 nitrogen and oxygen atoms in total. The molecule has 1 aromatic carbocycles. The van der Waals surface area contributed by atoms with Crippen LogP contribution in [-0.4, -0.2) is 216 Å². The maximum absolute atomic E-state index is 14.5. The van der Waals surface area contributed by atoms with Gasteiger partial charge in [-0.1, -0.05) is 69.2 Å². The van der Waals surface area contributed by atoms with Crippen LogP contribution in [0.25, 0.3) is 77.1 Å². The zero-order valence-corrected chi connectivity index (χ0v) is 87.0. The number of aromatic nitrogens is 17. The van der Waals surface area contributed by atoms with Gasteiger partial charge < -0.3 is 82.8 Å². The molecular weight excluding hydrogens is 1930 g/mol. The van der Waals surface area contributed by atoms with Crippen LogP contribution in [0.15, 0.2) is 126 Å². The first-order chi connectivity index (χ1) is 70.4. The van der Waals surface area contributed by atoms with Crippen molar-refractivity contribution in [2.45, 2.75) is 246 Å². The number of nitrogens with zero attached hydrogens (tertiary/aromatic N) is 20. The lowest BCUT2D eigenvalue weighted by atomic mass is 9.87. The molecular formula is C105H125F2N21O21. The van der Waals surface area contributed by atoms with Crippen molar-refractivity contribution in [1.29, 1.82) is 0 Å². The number of hydrogen-bond acceptors (Lipinski definition) is 28. The van der Waals surface area contributed by atoms with Crippen molar-refractivity contribution in [2.75, 3.05) is 54.4 Å². The van der Waals surface area contributed by atoms with Crippen molar-refractivity contribution in [3.05, 3.63) is 243 Å². The number of piperazine rings is 1. The van der Waals surface area contributed by atoms with Crippen molar-refractivity contribution < 1.29 is 78.1 Å². The van der Waals surface area contributed by atoms with E-state index in [0.29, 0.717) is 138 Å². The van der Waals surface area contributed by atoms with Crippen molar-refractivity contribution in [1.82, 2.24) is 86.7 Å². The SMILES string of the molecule is CC(C)c1c(F)cc2c(=O)c(C(=O)O)cn3c2c1CCC3C.CCn1cc(C(=O)O)c(=O)c2cc(F)c(C(C)C)nc21.CCn1cc(C(=O)O)c(=O)c2ccc(C(C)C)nc21.CCn1cc(C(=O)O)c(=O)c2cnc(C(C)C)nc21.CCn1cc(C(=O)O)c(=O)c2cnc(N3CCC(C(C)C)C3)nc21.CCn1cc(C(=O)O)c(=O)c2cnc(N3CCN(C(C)C)CC3)nc21.CCn1cc(C(=O)O)c(=O)c2cnc(NC(C)C)nc21. The summed E-state index contributed by atoms with van der Waals surface area (Å²) in [7, 11) is 0. The largest absolute Gasteiger partial charge is 0.477 e. The lowest BCUT2D eigenvalue weighted by molar-refractivity contribution is 0.0683. The molecule has 149 heavy (non-hydrogen) atoms. The van der Waals surface area contributed by atoms with Crippen LogP contribution in [-0.2, 0) is 45.7 Å². The van der Waals surface area contributed by atoms with Crippen LogP contribution in [0.4, 0.5) is 26.6 Å². The Bertz CT molecular complexity index is 7910. The van der Waals surface area contributed by atoms with Crippen LogP contribution in [0.1, 0.15) is 289 Å². The lowest BCUT2D eigenvalue weighted by Crippen LogP contribution is -2.49. The highest BCUT2D eigenvalue weighted by Crippen LogP contribution is 2.37. The van der Waals surface area contributed by atoms with Crippen LogP contribution in [0.2, 0.25) is 0 Å². The summed E-state index contributed by atoms with van der Waals surface area (Å²) in [5, 5.41) is 68.3. The predicted molar refractivity (Wildman–Crippen MR) is 560 cm³/mol. The maximum atomic E-state index is 14.5. The summed E-state index contributed by atoms with van der Waals surface area (Å²) in [4.78, 5) is 213. The molecule has 0 bridgehead atoms. The number of halogens is 2. The van der Waals surface area contributed by atoms with E-state index in [9.17, 15) is 91.2 Å². The Morgan fingerprint density at radius 1 is 0.383 bits per heavy atom. The number of aromatic carboxylic acids is 7. The van der Waals surface area contributed by atoms with E-state index in [1.54, 1.807) is 60.3 Å². The second-order valence-corrected chi connectivity index (χ2v) is 38.2. The van der Waals surface area contributed by atoms with E-state index in [4.69, 9.17) is 20.4 Å². The Kier molecular flexibility index (Phi) is 36.4. The Morgan fingerprint density at radius 3 is 1.13 bits per heavy atom. The number of carboxylic acids is 7. The summed E-state index contributed by atoms with van der Waals surface area (Å²) in [6.07, 6.45) is 17.7. The van der Waals surface area contributed by atoms with Gasteiger partial charge in [0.2, 0.25) is 55.8 Å². The first kappa shape index (κ1) is 113. The fraction of sp³-hybridized carbons (Fsp3) is 0.429. The van der Waals surface area contributed by atoms with Gasteiger partial charge in [-0.3, -0.25) is 38.5 Å². The molecule has 0 radical (unpaired) electrons. The molecule has 13 aromatic heterocycles. The molecule has 3 aliphatic rings. The molecule has 14 aromatic rings. The van der Waals surface area contributed by atoms with Gasteiger partial charge in [-0.15, -0.1) is 0 Å². The molecule has 2 unspecified atom stereocenters. The molecule has 790 valence electrons. The quantitative estimate of drug-likeness (QED) is 0.0295. The van der Waals surface area contributed by atoms with Gasteiger partial charge >= 0.3 is 41.8 Å². The third-order valence-corrected chi connectivity index (χ3v) is 26.0. The Balaban J connectivity index is 0.000000165. The zero-order chi connectivity index (χ0) is 110. The Morgan fingerprint density at radius 2 is 0.752 bits per heavy atom. The summed E-state index contributed by atoms with van der Waals surface area (Å²) in [5.41, 5.74) is 0.181. The number of pyridine rings is 9. The molecule has 0 aliphatic carbocycles. The number of benzene rings is 1. The van der Waals surface area contributed by atoms with Crippen molar-refractivity contribution in [3.8, 4) is 0 Å². The van der Waals surface area contributed by atoms with E-state index in [-0.39, 0.29) is 113 Å². The Hall–Kier alpha value is -16.2. The van der Waals surface area contributed by atoms with Gasteiger partial charge in [-0.05, 0) is 160 Å². The molecule has 0 saturated carbocycles. The smallest absolute Gasteiger partial charge is 0.341 e. The predicted octanol–water partition coefficient (Wildman–Crippen LogP) is 14.1. The monoisotopic (exact) mass is 2050 g/mol. The topological polar surface area (TPSA) is 566 Å². The molecule has 2 atom stereocenters. The number of fused-ring (bicyclic) bond motifs is 6. The highest BCUT2D eigenvalue weighted by atomic mass is 19.1. The third kappa shape index (κ3) is 24.5. The summed E-state index contributed by atoms with van der Waals surface area (Å²) in [6.45, 7) is 49.7. The Labute approximate surface area is 852 Å². The summed E-state index contributed by atoms with van der Waals surface area (Å²) in [6, 6.07) is 6.49. The third-order valence-electron chi connectivity index (χ3n) is 26.0. The van der Waals surface area contributed by atoms with Gasteiger partial charge in [-0.25, -0.2) is 77.2 Å². The van der Waals surface area contributed by atoms with Gasteiger partial charge in [0.1, 0.15) is 90.3 Å². The van der Waals surface area contributed by atoms with Crippen LogP contribution < -0.4 is 53.1 Å². The molecule has 17 rings (SSSR count). The molecule has 0 amide bonds. The van der Waals surface area contributed by atoms with Gasteiger partial charge in [0.05, 0.1) is 43.5 Å². The van der Waals surface area contributed by atoms with Crippen molar-refractivity contribution in [3.63, 3.8) is 0 Å². The highest BCUT2D eigenvalue weighted by molar-refractivity contribution is 5.98. The number of aryl methyl sites for hydroxylation is 7. The van der Waals surface area contributed by atoms with Crippen molar-refractivity contribution in [2.24, 2.45) is 11.8 Å². The normalized spacial score (nSPS) is 13.9. The number of nitrogens with one attached hydrogen (secondary N) is 1. The zero-order valence-electron chi connectivity index (χ0n) is 87.0. The molecule has 16 heterocycles. The standard InChI is InChI=1S/C17H18FNO3.C17H23N5O3.C17H22N4O3.C14H15FN2O3.C14H16N2O3.C13H16N4O3.C13H15N3O3/c1-8(2)14-10-5-4-9(3)19-7-12(17(21)22)16(20)11(15(10)19)6-13(14)18;1-4-20-10-13(16(24)25)14(23)12-9-18-17(19-15(12)20)22-7-5-21(6-8-22)11(2)3;1-4-20-9-13(16(23)24)14(22)12-7-18-17(19-15(12)20)21-6-5-11(8-21)10(2)3;1-4-17-6-9(14(19)20)12(18)8-5-10(15)11(7(2)3)16-13(8)17;1-4-16-7-10(14(18)19)12(17)9-5-6-11(8(2)3)15-13(9)16;1-4-17-6-9(12(19)20)10(18)8-5-14-13(15-7(2)3)16-11(8)17;1-4-16-6-9(13(18)19)10(17)8-5-14-11(7(2)3)15-12(8)16/h6-9H,4-5H2,1-3H3,(H,21,22);9-11H,4-8H2,1-3H3,(H,24,25);7,9-11H,4-6,8H2,1-3H3,(H,23,24);5-7H,4H2,1-3H3,(H,19,20);5-8H,4H2,1-3H3,(H,18,19);5-7H,4H2,1-3H3,(H,19,20)(H,14,15,16);5-7H,4H2,1-3H3,(H,18,19). The van der Waals surface area contributed by atoms with Crippen LogP contribution in [0.5, 0.6) is 0 Å². The van der Waals surface area contributed by atoms with E-state index >= 15 is 0 Å². The lowest BCUT2D eigenvalue weighted by Gasteiger charge is -2.36. The van der Waals surface area contributed by atoms with E-state index in [1.165, 1.54) is 74.2 Å². The summed E-state index contributed by atoms with van der Waals surface area (Å²) >= 11 is 0. The summed E-state index contributed by atoms with van der Waals surface area (Å²) < 4.78 is 40.2. The number of anilines is 3. The van der Waals surface area contributed by atoms with Gasteiger partial charge in [0.25, 0.3) is 0 Å². The first-order valence-corrected chi connectivity index (χ1v) is 49.3. The molecule has 0 spiro atoms. The van der Waals surface area contributed by atoms with E-state index < -0.39 is 91.4 Å². The molecule has 3 aliphatic heterocycles. The average Bonchev–Trinajstić information content (AvgIpc) is 0.826. The van der Waals surface area contributed by atoms with E-state index in [2.05, 4.69) is 97.6 Å². The maximum Gasteiger partial charge on any atom is 0.341 e. The minimum atomic E-state index is -1.33. The number of carboxylic acid groups (broad SMARTS) is 7. The van der Waals surface area contributed by atoms with Gasteiger partial charge in [-0.2, -0.15) is 15.0 Å². The molecule has 2 saturated heterocycles. The first-order valence-electron chi connectivity index (χ1n) is 49.3. The van der Waals surface area contributed by atoms with Gasteiger partial charge in [0.15, 0.2) is 0 Å². The van der Waals surface area contributed by atoms with Crippen molar-refractivity contribution >= 4 is 137 Å². The molecule has 8 N–H and O–H groups in total. The average molecular weight is 2060 g/mol. The number of hydrogen-bond donors (Lipinski definition) is 8. The summed E-state index contributed by atoms with van der Waals surface area (Å²) in [5.74, 6) is -6.01. The number of carbonyl (C=O) groups is 7.